The van der Waals surface area contributed by atoms with Gasteiger partial charge in [0.15, 0.2) is 0 Å². The van der Waals surface area contributed by atoms with E-state index in [1.165, 1.54) is 4.88 Å². The van der Waals surface area contributed by atoms with Crippen LogP contribution in [0.15, 0.2) is 18.2 Å². The minimum atomic E-state index is 0.643. The zero-order valence-electron chi connectivity index (χ0n) is 11.0. The van der Waals surface area contributed by atoms with E-state index in [1.807, 2.05) is 12.1 Å². The molecule has 0 bridgehead atoms. The van der Waals surface area contributed by atoms with E-state index < -0.39 is 0 Å². The first kappa shape index (κ1) is 14.8. The smallest absolute Gasteiger partial charge is 0.124 e. The maximum atomic E-state index is 6.04. The number of hydrogen-bond acceptors (Lipinski definition) is 3. The summed E-state index contributed by atoms with van der Waals surface area (Å²) in [5.41, 5.74) is 2.14. The molecule has 0 saturated heterocycles. The third-order valence-corrected chi connectivity index (χ3v) is 4.34. The van der Waals surface area contributed by atoms with E-state index in [0.29, 0.717) is 10.0 Å². The third kappa shape index (κ3) is 3.69. The molecule has 0 aliphatic rings. The molecule has 0 unspecified atom stereocenters. The van der Waals surface area contributed by atoms with Crippen molar-refractivity contribution in [3.05, 3.63) is 38.8 Å². The highest BCUT2D eigenvalue weighted by Crippen LogP contribution is 2.32. The topological polar surface area (TPSA) is 24.9 Å². The maximum Gasteiger partial charge on any atom is 0.124 e. The Labute approximate surface area is 127 Å². The largest absolute Gasteiger partial charge is 0.312 e. The van der Waals surface area contributed by atoms with Crippen molar-refractivity contribution in [2.45, 2.75) is 26.8 Å². The van der Waals surface area contributed by atoms with Crippen molar-refractivity contribution in [1.29, 1.82) is 0 Å². The molecule has 1 aromatic heterocycles. The van der Waals surface area contributed by atoms with Crippen LogP contribution < -0.4 is 5.32 Å². The van der Waals surface area contributed by atoms with Crippen LogP contribution in [0.3, 0.4) is 0 Å². The lowest BCUT2D eigenvalue weighted by atomic mass is 10.2. The van der Waals surface area contributed by atoms with Gasteiger partial charge in [0, 0.05) is 27.0 Å². The number of nitrogens with one attached hydrogen (secondary N) is 1. The number of hydrogen-bond donors (Lipinski definition) is 1. The lowest BCUT2D eigenvalue weighted by Crippen LogP contribution is -2.11. The fourth-order valence-electron chi connectivity index (χ4n) is 1.84. The molecule has 1 aromatic carbocycles. The molecule has 0 aliphatic heterocycles. The molecule has 0 fully saturated rings. The Hall–Kier alpha value is -0.610. The number of thiazole rings is 1. The van der Waals surface area contributed by atoms with Crippen LogP contribution in [0.4, 0.5) is 0 Å². The summed E-state index contributed by atoms with van der Waals surface area (Å²) >= 11 is 13.8. The van der Waals surface area contributed by atoms with Crippen LogP contribution in [0, 0.1) is 0 Å². The summed E-state index contributed by atoms with van der Waals surface area (Å²) in [6, 6.07) is 5.55. The van der Waals surface area contributed by atoms with Gasteiger partial charge in [-0.2, -0.15) is 0 Å². The fraction of sp³-hybridized carbons (Fsp3) is 0.357. The highest BCUT2D eigenvalue weighted by atomic mass is 35.5. The van der Waals surface area contributed by atoms with Crippen molar-refractivity contribution in [2.24, 2.45) is 0 Å². The van der Waals surface area contributed by atoms with Gasteiger partial charge in [0.25, 0.3) is 0 Å². The third-order valence-electron chi connectivity index (χ3n) is 2.76. The first-order valence-corrected chi connectivity index (χ1v) is 7.87. The molecule has 2 rings (SSSR count). The standard InChI is InChI=1S/C14H16Cl2N2S/c1-3-12-13(8-17-4-2)19-14(18-12)9-5-10(15)7-11(16)6-9/h5-7,17H,3-4,8H2,1-2H3. The summed E-state index contributed by atoms with van der Waals surface area (Å²) in [6.07, 6.45) is 0.936. The number of benzene rings is 1. The monoisotopic (exact) mass is 314 g/mol. The zero-order valence-corrected chi connectivity index (χ0v) is 13.3. The van der Waals surface area contributed by atoms with E-state index in [1.54, 1.807) is 17.4 Å². The minimum absolute atomic E-state index is 0.643. The molecular formula is C14H16Cl2N2S. The van der Waals surface area contributed by atoms with Gasteiger partial charge in [-0.1, -0.05) is 37.0 Å². The van der Waals surface area contributed by atoms with Gasteiger partial charge < -0.3 is 5.32 Å². The molecule has 2 nitrogen and oxygen atoms in total. The Balaban J connectivity index is 2.36. The number of aryl methyl sites for hydroxylation is 1. The Morgan fingerprint density at radius 2 is 1.84 bits per heavy atom. The van der Waals surface area contributed by atoms with Crippen molar-refractivity contribution in [2.75, 3.05) is 6.54 Å². The van der Waals surface area contributed by atoms with Crippen LogP contribution in [0.5, 0.6) is 0 Å². The van der Waals surface area contributed by atoms with Gasteiger partial charge in [-0.05, 0) is 31.2 Å². The number of nitrogens with zero attached hydrogens (tertiary/aromatic N) is 1. The second-order valence-electron chi connectivity index (χ2n) is 4.18. The van der Waals surface area contributed by atoms with Crippen LogP contribution >= 0.6 is 34.5 Å². The second kappa shape index (κ2) is 6.71. The van der Waals surface area contributed by atoms with Gasteiger partial charge in [0.1, 0.15) is 5.01 Å². The lowest BCUT2D eigenvalue weighted by molar-refractivity contribution is 0.727. The molecule has 0 saturated carbocycles. The molecule has 19 heavy (non-hydrogen) atoms. The number of aromatic nitrogens is 1. The Bertz CT molecular complexity index is 546. The molecule has 0 atom stereocenters. The molecule has 0 aliphatic carbocycles. The van der Waals surface area contributed by atoms with Crippen LogP contribution in [-0.2, 0) is 13.0 Å². The Morgan fingerprint density at radius 3 is 2.42 bits per heavy atom. The van der Waals surface area contributed by atoms with Crippen LogP contribution in [0.25, 0.3) is 10.6 Å². The zero-order chi connectivity index (χ0) is 13.8. The molecule has 0 radical (unpaired) electrons. The van der Waals surface area contributed by atoms with Gasteiger partial charge in [0.05, 0.1) is 5.69 Å². The average molecular weight is 315 g/mol. The highest BCUT2D eigenvalue weighted by Gasteiger charge is 2.12. The summed E-state index contributed by atoms with van der Waals surface area (Å²) in [7, 11) is 0. The van der Waals surface area contributed by atoms with Gasteiger partial charge in [-0.3, -0.25) is 0 Å². The highest BCUT2D eigenvalue weighted by molar-refractivity contribution is 7.15. The van der Waals surface area contributed by atoms with E-state index in [2.05, 4.69) is 19.2 Å². The van der Waals surface area contributed by atoms with E-state index in [9.17, 15) is 0 Å². The van der Waals surface area contributed by atoms with Crippen molar-refractivity contribution >= 4 is 34.5 Å². The normalized spacial score (nSPS) is 10.9. The minimum Gasteiger partial charge on any atom is -0.312 e. The van der Waals surface area contributed by atoms with Crippen LogP contribution in [0.2, 0.25) is 10.0 Å². The average Bonchev–Trinajstić information content (AvgIpc) is 2.78. The summed E-state index contributed by atoms with van der Waals surface area (Å²) in [5.74, 6) is 0. The van der Waals surface area contributed by atoms with Crippen molar-refractivity contribution in [1.82, 2.24) is 10.3 Å². The summed E-state index contributed by atoms with van der Waals surface area (Å²) in [5, 5.41) is 5.61. The van der Waals surface area contributed by atoms with Crippen molar-refractivity contribution < 1.29 is 0 Å². The first-order valence-electron chi connectivity index (χ1n) is 6.29. The predicted octanol–water partition coefficient (Wildman–Crippen LogP) is 4.79. The van der Waals surface area contributed by atoms with Crippen LogP contribution in [-0.4, -0.2) is 11.5 Å². The molecule has 0 amide bonds. The molecule has 102 valence electrons. The van der Waals surface area contributed by atoms with E-state index in [0.717, 1.165) is 35.8 Å². The molecule has 0 spiro atoms. The number of halogens is 2. The summed E-state index contributed by atoms with van der Waals surface area (Å²) in [4.78, 5) is 5.98. The van der Waals surface area contributed by atoms with E-state index >= 15 is 0 Å². The van der Waals surface area contributed by atoms with Gasteiger partial charge in [-0.25, -0.2) is 4.98 Å². The molecule has 2 aromatic rings. The quantitative estimate of drug-likeness (QED) is 0.858. The lowest BCUT2D eigenvalue weighted by Gasteiger charge is -1.99. The summed E-state index contributed by atoms with van der Waals surface area (Å²) < 4.78 is 0. The second-order valence-corrected chi connectivity index (χ2v) is 6.14. The fourth-order valence-corrected chi connectivity index (χ4v) is 3.47. The van der Waals surface area contributed by atoms with Gasteiger partial charge in [-0.15, -0.1) is 11.3 Å². The molecule has 5 heteroatoms. The Kier molecular flexibility index (Phi) is 5.22. The number of rotatable bonds is 5. The van der Waals surface area contributed by atoms with Crippen molar-refractivity contribution in [3.8, 4) is 10.6 Å². The SMILES string of the molecule is CCNCc1sc(-c2cc(Cl)cc(Cl)c2)nc1CC. The van der Waals surface area contributed by atoms with E-state index in [4.69, 9.17) is 28.2 Å². The molecular weight excluding hydrogens is 299 g/mol. The molecule has 1 N–H and O–H groups in total. The van der Waals surface area contributed by atoms with Crippen LogP contribution in [0.1, 0.15) is 24.4 Å². The van der Waals surface area contributed by atoms with E-state index in [-0.39, 0.29) is 0 Å². The van der Waals surface area contributed by atoms with Crippen molar-refractivity contribution in [3.63, 3.8) is 0 Å². The first-order chi connectivity index (χ1) is 9.13. The summed E-state index contributed by atoms with van der Waals surface area (Å²) in [6.45, 7) is 6.05. The molecule has 1 heterocycles. The van der Waals surface area contributed by atoms with Gasteiger partial charge >= 0.3 is 0 Å². The Morgan fingerprint density at radius 1 is 1.16 bits per heavy atom. The van der Waals surface area contributed by atoms with Gasteiger partial charge in [0.2, 0.25) is 0 Å². The maximum absolute atomic E-state index is 6.04. The predicted molar refractivity (Wildman–Crippen MR) is 84.3 cm³/mol.